The van der Waals surface area contributed by atoms with Gasteiger partial charge < -0.3 is 0 Å². The van der Waals surface area contributed by atoms with E-state index in [0.717, 1.165) is 11.3 Å². The summed E-state index contributed by atoms with van der Waals surface area (Å²) < 4.78 is 0. The average molecular weight is 478 g/mol. The molecule has 4 aromatic rings. The molecule has 0 spiro atoms. The molecule has 178 valence electrons. The zero-order valence-corrected chi connectivity index (χ0v) is 21.9. The lowest BCUT2D eigenvalue weighted by Crippen LogP contribution is -2.30. The summed E-state index contributed by atoms with van der Waals surface area (Å²) in [5.41, 5.74) is 8.45. The van der Waals surface area contributed by atoms with Crippen LogP contribution in [0.1, 0.15) is 75.3 Å². The van der Waals surface area contributed by atoms with Gasteiger partial charge in [0.15, 0.2) is 0 Å². The summed E-state index contributed by atoms with van der Waals surface area (Å²) in [4.78, 5) is 0. The van der Waals surface area contributed by atoms with Crippen LogP contribution in [0.15, 0.2) is 72.8 Å². The summed E-state index contributed by atoms with van der Waals surface area (Å²) in [6.07, 6.45) is 17.5. The predicted molar refractivity (Wildman–Crippen MR) is 155 cm³/mol. The van der Waals surface area contributed by atoms with Crippen molar-refractivity contribution in [2.45, 2.75) is 87.9 Å². The Kier molecular flexibility index (Phi) is 5.70. The van der Waals surface area contributed by atoms with Crippen LogP contribution in [0.5, 0.6) is 0 Å². The Morgan fingerprint density at radius 2 is 0.886 bits per heavy atom. The van der Waals surface area contributed by atoms with E-state index in [1.807, 2.05) is 0 Å². The molecule has 1 heteroatoms. The molecule has 0 atom stereocenters. The quantitative estimate of drug-likeness (QED) is 0.252. The zero-order valence-electron chi connectivity index (χ0n) is 21.0. The average Bonchev–Trinajstić information content (AvgIpc) is 3.10. The van der Waals surface area contributed by atoms with Crippen LogP contribution < -0.4 is 0 Å². The summed E-state index contributed by atoms with van der Waals surface area (Å²) in [5, 5.41) is 5.72. The first-order chi connectivity index (χ1) is 17.3. The standard InChI is InChI=1S/C34H38P/c1-3-13-29(14-4-1)35(30-15-5-2-6-16-30)23-27-21-19-25-11-7-9-17-31(25)33(27)34-28(24-35)22-20-26-12-8-10-18-32(26)34/h7-12,17-22,29-30H,1-6,13-16,23-24H2/q+1. The molecule has 0 bridgehead atoms. The lowest BCUT2D eigenvalue weighted by Gasteiger charge is -2.43. The fraction of sp³-hybridized carbons (Fsp3) is 0.412. The van der Waals surface area contributed by atoms with Crippen molar-refractivity contribution in [1.82, 2.24) is 0 Å². The van der Waals surface area contributed by atoms with Crippen LogP contribution in [-0.4, -0.2) is 11.3 Å². The number of hydrogen-bond acceptors (Lipinski definition) is 0. The van der Waals surface area contributed by atoms with Crippen LogP contribution in [0.4, 0.5) is 0 Å². The third-order valence-corrected chi connectivity index (χ3v) is 15.6. The van der Waals surface area contributed by atoms with Crippen molar-refractivity contribution in [3.63, 3.8) is 0 Å². The van der Waals surface area contributed by atoms with E-state index in [9.17, 15) is 0 Å². The summed E-state index contributed by atoms with van der Waals surface area (Å²) in [7, 11) is -1.21. The van der Waals surface area contributed by atoms with E-state index < -0.39 is 7.26 Å². The van der Waals surface area contributed by atoms with Crippen LogP contribution in [0.2, 0.25) is 0 Å². The molecule has 0 N–H and O–H groups in total. The first kappa shape index (κ1) is 22.1. The molecule has 35 heavy (non-hydrogen) atoms. The molecule has 0 nitrogen and oxygen atoms in total. The molecule has 3 aliphatic rings. The highest BCUT2D eigenvalue weighted by molar-refractivity contribution is 7.75. The van der Waals surface area contributed by atoms with E-state index in [0.29, 0.717) is 0 Å². The molecule has 7 rings (SSSR count). The Balaban J connectivity index is 1.54. The van der Waals surface area contributed by atoms with E-state index in [-0.39, 0.29) is 0 Å². The zero-order chi connectivity index (χ0) is 23.2. The van der Waals surface area contributed by atoms with Crippen molar-refractivity contribution >= 4 is 28.8 Å². The van der Waals surface area contributed by atoms with E-state index in [1.165, 1.54) is 98.1 Å². The van der Waals surface area contributed by atoms with Gasteiger partial charge in [-0.05, 0) is 95.2 Å². The monoisotopic (exact) mass is 477 g/mol. The number of rotatable bonds is 2. The number of hydrogen-bond donors (Lipinski definition) is 0. The van der Waals surface area contributed by atoms with E-state index >= 15 is 0 Å². The first-order valence-electron chi connectivity index (χ1n) is 14.2. The third kappa shape index (κ3) is 3.67. The minimum atomic E-state index is -1.21. The van der Waals surface area contributed by atoms with Gasteiger partial charge in [0.2, 0.25) is 0 Å². The Hall–Kier alpha value is -2.17. The Labute approximate surface area is 211 Å². The maximum atomic E-state index is 2.55. The second-order valence-electron chi connectivity index (χ2n) is 11.6. The number of benzene rings is 4. The molecule has 0 radical (unpaired) electrons. The molecular formula is C34H38P+. The van der Waals surface area contributed by atoms with Gasteiger partial charge in [-0.2, -0.15) is 0 Å². The highest BCUT2D eigenvalue weighted by atomic mass is 31.2. The molecule has 1 aliphatic heterocycles. The minimum Gasteiger partial charge on any atom is -0.0616 e. The van der Waals surface area contributed by atoms with Crippen molar-refractivity contribution in [3.05, 3.63) is 83.9 Å². The highest BCUT2D eigenvalue weighted by Crippen LogP contribution is 2.77. The second kappa shape index (κ2) is 9.05. The van der Waals surface area contributed by atoms with Gasteiger partial charge in [0.25, 0.3) is 0 Å². The van der Waals surface area contributed by atoms with Gasteiger partial charge in [-0.3, -0.25) is 0 Å². The van der Waals surface area contributed by atoms with Crippen LogP contribution in [0.3, 0.4) is 0 Å². The minimum absolute atomic E-state index is 0.982. The van der Waals surface area contributed by atoms with E-state index in [4.69, 9.17) is 0 Å². The van der Waals surface area contributed by atoms with Gasteiger partial charge in [0.1, 0.15) is 0 Å². The van der Waals surface area contributed by atoms with Crippen molar-refractivity contribution in [2.24, 2.45) is 0 Å². The summed E-state index contributed by atoms with van der Waals surface area (Å²) in [6, 6.07) is 28.3. The van der Waals surface area contributed by atoms with Crippen LogP contribution in [-0.2, 0) is 12.3 Å². The molecule has 4 aromatic carbocycles. The van der Waals surface area contributed by atoms with Gasteiger partial charge >= 0.3 is 0 Å². The Morgan fingerprint density at radius 1 is 0.457 bits per heavy atom. The maximum absolute atomic E-state index is 2.55. The molecular weight excluding hydrogens is 439 g/mol. The summed E-state index contributed by atoms with van der Waals surface area (Å²) in [5.74, 6) is 0. The van der Waals surface area contributed by atoms with Crippen LogP contribution in [0.25, 0.3) is 32.7 Å². The topological polar surface area (TPSA) is 0 Å². The maximum Gasteiger partial charge on any atom is 0.0857 e. The Morgan fingerprint density at radius 3 is 1.34 bits per heavy atom. The normalized spacial score (nSPS) is 20.9. The predicted octanol–water partition coefficient (Wildman–Crippen LogP) is 10.4. The van der Waals surface area contributed by atoms with Crippen molar-refractivity contribution in [1.29, 1.82) is 0 Å². The van der Waals surface area contributed by atoms with Crippen LogP contribution in [0, 0.1) is 0 Å². The van der Waals surface area contributed by atoms with Crippen molar-refractivity contribution in [2.75, 3.05) is 0 Å². The lowest BCUT2D eigenvalue weighted by molar-refractivity contribution is 0.476. The molecule has 0 amide bonds. The molecule has 2 fully saturated rings. The summed E-state index contributed by atoms with van der Waals surface area (Å²) >= 11 is 0. The molecule has 2 saturated carbocycles. The van der Waals surface area contributed by atoms with E-state index in [1.54, 1.807) is 22.3 Å². The number of fused-ring (bicyclic) bond motifs is 7. The molecule has 1 heterocycles. The molecule has 0 aromatic heterocycles. The van der Waals surface area contributed by atoms with Gasteiger partial charge in [0.05, 0.1) is 23.6 Å². The summed E-state index contributed by atoms with van der Waals surface area (Å²) in [6.45, 7) is 0. The van der Waals surface area contributed by atoms with Gasteiger partial charge in [-0.1, -0.05) is 85.6 Å². The van der Waals surface area contributed by atoms with E-state index in [2.05, 4.69) is 72.8 Å². The molecule has 0 unspecified atom stereocenters. The second-order valence-corrected chi connectivity index (χ2v) is 15.9. The Bertz CT molecular complexity index is 1260. The van der Waals surface area contributed by atoms with Crippen molar-refractivity contribution < 1.29 is 0 Å². The smallest absolute Gasteiger partial charge is 0.0616 e. The fourth-order valence-corrected chi connectivity index (χ4v) is 14.5. The SMILES string of the molecule is c1ccc2c3c(ccc2c1)C[P+](C1CCCCC1)(C1CCCCC1)Cc1ccc2ccccc2c1-3. The largest absolute Gasteiger partial charge is 0.0857 e. The molecule has 2 aliphatic carbocycles. The van der Waals surface area contributed by atoms with Gasteiger partial charge in [0, 0.05) is 7.26 Å². The third-order valence-electron chi connectivity index (χ3n) is 9.81. The van der Waals surface area contributed by atoms with Gasteiger partial charge in [-0.25, -0.2) is 0 Å². The first-order valence-corrected chi connectivity index (χ1v) is 16.5. The fourth-order valence-electron chi connectivity index (χ4n) is 8.18. The van der Waals surface area contributed by atoms with Crippen molar-refractivity contribution in [3.8, 4) is 11.1 Å². The van der Waals surface area contributed by atoms with Gasteiger partial charge in [-0.15, -0.1) is 0 Å². The highest BCUT2D eigenvalue weighted by Gasteiger charge is 2.53. The van der Waals surface area contributed by atoms with Crippen LogP contribution >= 0.6 is 7.26 Å². The molecule has 0 saturated heterocycles. The lowest BCUT2D eigenvalue weighted by atomic mass is 9.88.